The highest BCUT2D eigenvalue weighted by atomic mass is 35.5. The first-order chi connectivity index (χ1) is 7.66. The molecule has 86 valence electrons. The van der Waals surface area contributed by atoms with Crippen LogP contribution in [0.1, 0.15) is 37.8 Å². The van der Waals surface area contributed by atoms with Crippen LogP contribution < -0.4 is 5.32 Å². The van der Waals surface area contributed by atoms with Crippen LogP contribution in [0.5, 0.6) is 0 Å². The molecule has 0 aromatic heterocycles. The third-order valence-corrected chi connectivity index (χ3v) is 3.46. The van der Waals surface area contributed by atoms with E-state index in [1.165, 1.54) is 19.3 Å². The SMILES string of the molecule is CC(=O)NC(c1ccc(Cl)cc1)C1CCC1. The average Bonchev–Trinajstić information content (AvgIpc) is 2.14. The number of benzene rings is 1. The lowest BCUT2D eigenvalue weighted by atomic mass is 9.77. The molecule has 2 rings (SSSR count). The molecule has 16 heavy (non-hydrogen) atoms. The zero-order valence-corrected chi connectivity index (χ0v) is 10.1. The third-order valence-electron chi connectivity index (χ3n) is 3.21. The van der Waals surface area contributed by atoms with Gasteiger partial charge in [0.2, 0.25) is 5.91 Å². The van der Waals surface area contributed by atoms with Crippen molar-refractivity contribution in [1.29, 1.82) is 0 Å². The smallest absolute Gasteiger partial charge is 0.217 e. The van der Waals surface area contributed by atoms with Crippen LogP contribution in [0.3, 0.4) is 0 Å². The molecule has 1 unspecified atom stereocenters. The van der Waals surface area contributed by atoms with Crippen LogP contribution in [-0.4, -0.2) is 5.91 Å². The lowest BCUT2D eigenvalue weighted by molar-refractivity contribution is -0.120. The van der Waals surface area contributed by atoms with Crippen molar-refractivity contribution >= 4 is 17.5 Å². The minimum absolute atomic E-state index is 0.0341. The Kier molecular flexibility index (Phi) is 3.49. The van der Waals surface area contributed by atoms with E-state index in [0.29, 0.717) is 5.92 Å². The van der Waals surface area contributed by atoms with Crippen molar-refractivity contribution in [1.82, 2.24) is 5.32 Å². The van der Waals surface area contributed by atoms with Crippen molar-refractivity contribution in [3.8, 4) is 0 Å². The summed E-state index contributed by atoms with van der Waals surface area (Å²) in [6, 6.07) is 7.92. The lowest BCUT2D eigenvalue weighted by Gasteiger charge is -2.34. The van der Waals surface area contributed by atoms with Crippen LogP contribution >= 0.6 is 11.6 Å². The molecule has 1 atom stereocenters. The first-order valence-corrected chi connectivity index (χ1v) is 6.07. The van der Waals surface area contributed by atoms with Gasteiger partial charge in [-0.15, -0.1) is 0 Å². The quantitative estimate of drug-likeness (QED) is 0.859. The Labute approximate surface area is 101 Å². The minimum atomic E-state index is 0.0341. The molecule has 0 saturated heterocycles. The van der Waals surface area contributed by atoms with E-state index in [9.17, 15) is 4.79 Å². The fourth-order valence-corrected chi connectivity index (χ4v) is 2.26. The second kappa shape index (κ2) is 4.88. The van der Waals surface area contributed by atoms with Gasteiger partial charge in [-0.3, -0.25) is 4.79 Å². The maximum Gasteiger partial charge on any atom is 0.217 e. The summed E-state index contributed by atoms with van der Waals surface area (Å²) in [5.41, 5.74) is 1.16. The Balaban J connectivity index is 2.16. The second-order valence-corrected chi connectivity index (χ2v) is 4.86. The van der Waals surface area contributed by atoms with Gasteiger partial charge in [0.15, 0.2) is 0 Å². The van der Waals surface area contributed by atoms with Crippen molar-refractivity contribution in [3.05, 3.63) is 34.9 Å². The standard InChI is InChI=1S/C13H16ClNO/c1-9(16)15-13(10-3-2-4-10)11-5-7-12(14)8-6-11/h5-8,10,13H,2-4H2,1H3,(H,15,16). The Morgan fingerprint density at radius 3 is 2.44 bits per heavy atom. The van der Waals surface area contributed by atoms with Gasteiger partial charge in [-0.2, -0.15) is 0 Å². The number of hydrogen-bond donors (Lipinski definition) is 1. The molecule has 1 N–H and O–H groups in total. The maximum atomic E-state index is 11.2. The molecule has 2 nitrogen and oxygen atoms in total. The largest absolute Gasteiger partial charge is 0.349 e. The molecule has 1 aliphatic rings. The molecular formula is C13H16ClNO. The van der Waals surface area contributed by atoms with Gasteiger partial charge in [0.05, 0.1) is 6.04 Å². The number of carbonyl (C=O) groups is 1. The predicted octanol–water partition coefficient (Wildman–Crippen LogP) is 3.32. The first kappa shape index (κ1) is 11.5. The molecule has 0 heterocycles. The summed E-state index contributed by atoms with van der Waals surface area (Å²) in [4.78, 5) is 11.2. The molecule has 1 aliphatic carbocycles. The van der Waals surface area contributed by atoms with E-state index in [4.69, 9.17) is 11.6 Å². The van der Waals surface area contributed by atoms with Crippen molar-refractivity contribution < 1.29 is 4.79 Å². The van der Waals surface area contributed by atoms with E-state index < -0.39 is 0 Å². The third kappa shape index (κ3) is 2.56. The molecule has 1 amide bonds. The van der Waals surface area contributed by atoms with E-state index in [-0.39, 0.29) is 11.9 Å². The minimum Gasteiger partial charge on any atom is -0.349 e. The van der Waals surface area contributed by atoms with Gasteiger partial charge in [0.25, 0.3) is 0 Å². The van der Waals surface area contributed by atoms with Gasteiger partial charge >= 0.3 is 0 Å². The van der Waals surface area contributed by atoms with Crippen molar-refractivity contribution in [2.45, 2.75) is 32.2 Å². The van der Waals surface area contributed by atoms with E-state index >= 15 is 0 Å². The molecule has 0 radical (unpaired) electrons. The Bertz CT molecular complexity index is 370. The summed E-state index contributed by atoms with van der Waals surface area (Å²) < 4.78 is 0. The van der Waals surface area contributed by atoms with E-state index in [0.717, 1.165) is 10.6 Å². The number of amides is 1. The fourth-order valence-electron chi connectivity index (χ4n) is 2.14. The summed E-state index contributed by atoms with van der Waals surface area (Å²) in [7, 11) is 0. The van der Waals surface area contributed by atoms with Gasteiger partial charge in [0, 0.05) is 11.9 Å². The van der Waals surface area contributed by atoms with Crippen molar-refractivity contribution in [2.75, 3.05) is 0 Å². The van der Waals surface area contributed by atoms with Gasteiger partial charge in [-0.05, 0) is 36.5 Å². The number of hydrogen-bond acceptors (Lipinski definition) is 1. The summed E-state index contributed by atoms with van der Waals surface area (Å²) in [5, 5.41) is 3.77. The van der Waals surface area contributed by atoms with E-state index in [1.807, 2.05) is 24.3 Å². The predicted molar refractivity (Wildman–Crippen MR) is 65.4 cm³/mol. The molecule has 1 aromatic rings. The monoisotopic (exact) mass is 237 g/mol. The summed E-state index contributed by atoms with van der Waals surface area (Å²) in [6.07, 6.45) is 3.68. The van der Waals surface area contributed by atoms with E-state index in [1.54, 1.807) is 6.92 Å². The maximum absolute atomic E-state index is 11.2. The van der Waals surface area contributed by atoms with Crippen molar-refractivity contribution in [2.24, 2.45) is 5.92 Å². The molecule has 1 saturated carbocycles. The Morgan fingerprint density at radius 1 is 1.38 bits per heavy atom. The number of rotatable bonds is 3. The average molecular weight is 238 g/mol. The molecule has 0 bridgehead atoms. The molecule has 3 heteroatoms. The normalized spacial score (nSPS) is 17.6. The highest BCUT2D eigenvalue weighted by Gasteiger charge is 2.28. The van der Waals surface area contributed by atoms with Crippen LogP contribution in [0, 0.1) is 5.92 Å². The molecule has 0 aliphatic heterocycles. The van der Waals surface area contributed by atoms with Crippen LogP contribution in [0.15, 0.2) is 24.3 Å². The highest BCUT2D eigenvalue weighted by molar-refractivity contribution is 6.30. The van der Waals surface area contributed by atoms with Crippen LogP contribution in [0.2, 0.25) is 5.02 Å². The number of carbonyl (C=O) groups excluding carboxylic acids is 1. The molecule has 1 aromatic carbocycles. The fraction of sp³-hybridized carbons (Fsp3) is 0.462. The molecule has 1 fully saturated rings. The number of nitrogens with one attached hydrogen (secondary N) is 1. The number of halogens is 1. The zero-order valence-electron chi connectivity index (χ0n) is 9.37. The van der Waals surface area contributed by atoms with Gasteiger partial charge in [-0.1, -0.05) is 30.2 Å². The molecular weight excluding hydrogens is 222 g/mol. The van der Waals surface area contributed by atoms with Gasteiger partial charge in [0.1, 0.15) is 0 Å². The van der Waals surface area contributed by atoms with Crippen LogP contribution in [0.4, 0.5) is 0 Å². The van der Waals surface area contributed by atoms with Crippen LogP contribution in [0.25, 0.3) is 0 Å². The van der Waals surface area contributed by atoms with E-state index in [2.05, 4.69) is 5.32 Å². The summed E-state index contributed by atoms with van der Waals surface area (Å²) >= 11 is 5.86. The summed E-state index contributed by atoms with van der Waals surface area (Å²) in [6.45, 7) is 1.57. The Hall–Kier alpha value is -1.02. The van der Waals surface area contributed by atoms with Gasteiger partial charge in [-0.25, -0.2) is 0 Å². The highest BCUT2D eigenvalue weighted by Crippen LogP contribution is 2.37. The zero-order chi connectivity index (χ0) is 11.5. The second-order valence-electron chi connectivity index (χ2n) is 4.42. The molecule has 0 spiro atoms. The topological polar surface area (TPSA) is 29.1 Å². The van der Waals surface area contributed by atoms with Gasteiger partial charge < -0.3 is 5.32 Å². The summed E-state index contributed by atoms with van der Waals surface area (Å²) in [5.74, 6) is 0.622. The first-order valence-electron chi connectivity index (χ1n) is 5.69. The Morgan fingerprint density at radius 2 is 2.00 bits per heavy atom. The lowest BCUT2D eigenvalue weighted by Crippen LogP contribution is -2.34. The van der Waals surface area contributed by atoms with Crippen molar-refractivity contribution in [3.63, 3.8) is 0 Å². The van der Waals surface area contributed by atoms with Crippen LogP contribution in [-0.2, 0) is 4.79 Å².